The minimum Gasteiger partial charge on any atom is -0.493 e. The first kappa shape index (κ1) is 19.3. The van der Waals surface area contributed by atoms with Gasteiger partial charge in [0.05, 0.1) is 23.6 Å². The number of unbranched alkanes of at least 4 members (excludes halogenated alkanes) is 1. The number of nitrogens with zero attached hydrogens (tertiary/aromatic N) is 1. The summed E-state index contributed by atoms with van der Waals surface area (Å²) >= 11 is 0. The van der Waals surface area contributed by atoms with Gasteiger partial charge in [0.25, 0.3) is 0 Å². The van der Waals surface area contributed by atoms with Crippen LogP contribution in [0.1, 0.15) is 23.2 Å². The summed E-state index contributed by atoms with van der Waals surface area (Å²) in [5, 5.41) is 1.70. The lowest BCUT2D eigenvalue weighted by atomic mass is 10.1. The summed E-state index contributed by atoms with van der Waals surface area (Å²) in [7, 11) is 1.76. The molecule has 0 saturated heterocycles. The van der Waals surface area contributed by atoms with Crippen molar-refractivity contribution < 1.29 is 9.53 Å². The molecule has 0 aromatic heterocycles. The fourth-order valence-electron chi connectivity index (χ4n) is 2.40. The average Bonchev–Trinajstić information content (AvgIpc) is 2.69. The fourth-order valence-corrected chi connectivity index (χ4v) is 2.40. The molecule has 0 radical (unpaired) electrons. The molecule has 0 bridgehead atoms. The van der Waals surface area contributed by atoms with Crippen molar-refractivity contribution in [2.24, 2.45) is 5.73 Å². The van der Waals surface area contributed by atoms with E-state index in [4.69, 9.17) is 10.5 Å². The number of carbonyl (C=O) groups is 1. The highest BCUT2D eigenvalue weighted by atomic mass is 16.5. The highest BCUT2D eigenvalue weighted by Gasteiger charge is 2.16. The minimum absolute atomic E-state index is 0.116. The van der Waals surface area contributed by atoms with Crippen molar-refractivity contribution in [1.82, 2.24) is 5.43 Å². The summed E-state index contributed by atoms with van der Waals surface area (Å²) in [5.41, 5.74) is 10.5. The molecule has 0 fully saturated rings. The average molecular weight is 351 g/mol. The Morgan fingerprint density at radius 1 is 1.19 bits per heavy atom. The van der Waals surface area contributed by atoms with Gasteiger partial charge in [-0.15, -0.1) is 6.58 Å². The van der Waals surface area contributed by atoms with E-state index in [9.17, 15) is 4.79 Å². The monoisotopic (exact) mass is 351 g/mol. The molecule has 26 heavy (non-hydrogen) atoms. The SMILES string of the molecule is C=CCCCOc1ccccc1C(=O)/C(N)=C/N(NC)c1ccccc1. The number of para-hydroxylation sites is 2. The summed E-state index contributed by atoms with van der Waals surface area (Å²) in [6.07, 6.45) is 5.13. The van der Waals surface area contributed by atoms with Gasteiger partial charge in [-0.2, -0.15) is 0 Å². The maximum Gasteiger partial charge on any atom is 0.213 e. The lowest BCUT2D eigenvalue weighted by Gasteiger charge is -2.20. The summed E-state index contributed by atoms with van der Waals surface area (Å²) in [6.45, 7) is 4.21. The lowest BCUT2D eigenvalue weighted by Crippen LogP contribution is -2.31. The summed E-state index contributed by atoms with van der Waals surface area (Å²) in [6, 6.07) is 16.7. The van der Waals surface area contributed by atoms with Crippen molar-refractivity contribution in [3.8, 4) is 5.75 Å². The normalized spacial score (nSPS) is 11.0. The quantitative estimate of drug-likeness (QED) is 0.225. The molecular formula is C21H25N3O2. The van der Waals surface area contributed by atoms with E-state index in [1.54, 1.807) is 36.5 Å². The van der Waals surface area contributed by atoms with Crippen LogP contribution in [0.4, 0.5) is 5.69 Å². The third-order valence-electron chi connectivity index (χ3n) is 3.75. The van der Waals surface area contributed by atoms with Gasteiger partial charge in [0.15, 0.2) is 0 Å². The molecule has 2 aromatic carbocycles. The highest BCUT2D eigenvalue weighted by molar-refractivity contribution is 6.10. The number of Topliss-reactive ketones (excluding diaryl/α,β-unsaturated/α-hetero) is 1. The van der Waals surface area contributed by atoms with Gasteiger partial charge in [0.1, 0.15) is 5.75 Å². The zero-order chi connectivity index (χ0) is 18.8. The van der Waals surface area contributed by atoms with Gasteiger partial charge < -0.3 is 10.5 Å². The third-order valence-corrected chi connectivity index (χ3v) is 3.75. The second kappa shape index (κ2) is 10.1. The number of hydrogen-bond donors (Lipinski definition) is 2. The van der Waals surface area contributed by atoms with E-state index in [-0.39, 0.29) is 11.5 Å². The molecule has 0 amide bonds. The van der Waals surface area contributed by atoms with Crippen LogP contribution in [0.15, 0.2) is 79.1 Å². The van der Waals surface area contributed by atoms with E-state index in [2.05, 4.69) is 12.0 Å². The Hall–Kier alpha value is -3.05. The van der Waals surface area contributed by atoms with Crippen LogP contribution in [-0.2, 0) is 0 Å². The number of allylic oxidation sites excluding steroid dienone is 2. The molecule has 0 aliphatic heterocycles. The van der Waals surface area contributed by atoms with Crippen LogP contribution in [0.25, 0.3) is 0 Å². The van der Waals surface area contributed by atoms with Crippen LogP contribution >= 0.6 is 0 Å². The molecule has 5 heteroatoms. The molecule has 3 N–H and O–H groups in total. The van der Waals surface area contributed by atoms with Gasteiger partial charge >= 0.3 is 0 Å². The van der Waals surface area contributed by atoms with Gasteiger partial charge in [0.2, 0.25) is 5.78 Å². The minimum atomic E-state index is -0.277. The maximum atomic E-state index is 12.8. The van der Waals surface area contributed by atoms with Crippen molar-refractivity contribution in [2.45, 2.75) is 12.8 Å². The topological polar surface area (TPSA) is 67.6 Å². The second-order valence-electron chi connectivity index (χ2n) is 5.62. The maximum absolute atomic E-state index is 12.8. The first-order chi connectivity index (χ1) is 12.7. The number of nitrogens with one attached hydrogen (secondary N) is 1. The van der Waals surface area contributed by atoms with E-state index in [1.165, 1.54) is 0 Å². The van der Waals surface area contributed by atoms with Crippen LogP contribution in [0.3, 0.4) is 0 Å². The molecule has 0 atom stereocenters. The molecular weight excluding hydrogens is 326 g/mol. The van der Waals surface area contributed by atoms with Crippen LogP contribution in [-0.4, -0.2) is 19.4 Å². The Morgan fingerprint density at radius 3 is 2.58 bits per heavy atom. The number of ketones is 1. The van der Waals surface area contributed by atoms with Crippen molar-refractivity contribution in [3.05, 3.63) is 84.7 Å². The standard InChI is InChI=1S/C21H25N3O2/c1-3-4-10-15-26-20-14-9-8-13-18(20)21(25)19(22)16-24(23-2)17-11-6-5-7-12-17/h3,5-9,11-14,16,23H,1,4,10,15,22H2,2H3/b19-16-. The largest absolute Gasteiger partial charge is 0.493 e. The number of nitrogens with two attached hydrogens (primary N) is 1. The lowest BCUT2D eigenvalue weighted by molar-refractivity contribution is 0.102. The summed E-state index contributed by atoms with van der Waals surface area (Å²) in [4.78, 5) is 12.8. The van der Waals surface area contributed by atoms with Gasteiger partial charge in [-0.25, -0.2) is 5.43 Å². The van der Waals surface area contributed by atoms with Crippen LogP contribution in [0.5, 0.6) is 5.75 Å². The Bertz CT molecular complexity index is 757. The molecule has 2 rings (SSSR count). The van der Waals surface area contributed by atoms with E-state index in [1.807, 2.05) is 42.5 Å². The van der Waals surface area contributed by atoms with Crippen LogP contribution in [0, 0.1) is 0 Å². The molecule has 2 aromatic rings. The molecule has 0 aliphatic rings. The molecule has 0 heterocycles. The number of benzene rings is 2. The Morgan fingerprint density at radius 2 is 1.88 bits per heavy atom. The van der Waals surface area contributed by atoms with Gasteiger partial charge in [-0.05, 0) is 37.1 Å². The van der Waals surface area contributed by atoms with E-state index < -0.39 is 0 Å². The second-order valence-corrected chi connectivity index (χ2v) is 5.62. The first-order valence-corrected chi connectivity index (χ1v) is 8.53. The smallest absolute Gasteiger partial charge is 0.213 e. The molecule has 0 unspecified atom stereocenters. The molecule has 0 aliphatic carbocycles. The Balaban J connectivity index is 2.18. The molecule has 136 valence electrons. The van der Waals surface area contributed by atoms with Gasteiger partial charge in [-0.3, -0.25) is 9.80 Å². The summed E-state index contributed by atoms with van der Waals surface area (Å²) < 4.78 is 5.75. The Kier molecular flexibility index (Phi) is 7.46. The summed E-state index contributed by atoms with van der Waals surface area (Å²) in [5.74, 6) is 0.258. The molecule has 0 spiro atoms. The van der Waals surface area contributed by atoms with E-state index in [0.717, 1.165) is 18.5 Å². The Labute approximate surface area is 154 Å². The van der Waals surface area contributed by atoms with Crippen molar-refractivity contribution in [3.63, 3.8) is 0 Å². The van der Waals surface area contributed by atoms with Gasteiger partial charge in [-0.1, -0.05) is 36.4 Å². The predicted molar refractivity (Wildman–Crippen MR) is 106 cm³/mol. The van der Waals surface area contributed by atoms with Crippen molar-refractivity contribution in [1.29, 1.82) is 0 Å². The fraction of sp³-hybridized carbons (Fsp3) is 0.190. The zero-order valence-corrected chi connectivity index (χ0v) is 15.0. The van der Waals surface area contributed by atoms with Crippen molar-refractivity contribution in [2.75, 3.05) is 18.7 Å². The first-order valence-electron chi connectivity index (χ1n) is 8.53. The number of carbonyl (C=O) groups excluding carboxylic acids is 1. The molecule has 5 nitrogen and oxygen atoms in total. The number of hydrogen-bond acceptors (Lipinski definition) is 5. The third kappa shape index (κ3) is 5.22. The number of hydrazine groups is 1. The predicted octanol–water partition coefficient (Wildman–Crippen LogP) is 3.66. The number of rotatable bonds is 10. The van der Waals surface area contributed by atoms with E-state index in [0.29, 0.717) is 17.9 Å². The number of anilines is 1. The van der Waals surface area contributed by atoms with Crippen LogP contribution < -0.4 is 20.9 Å². The van der Waals surface area contributed by atoms with Crippen molar-refractivity contribution >= 4 is 11.5 Å². The highest BCUT2D eigenvalue weighted by Crippen LogP contribution is 2.21. The van der Waals surface area contributed by atoms with Crippen LogP contribution in [0.2, 0.25) is 0 Å². The van der Waals surface area contributed by atoms with Gasteiger partial charge in [0, 0.05) is 13.2 Å². The van der Waals surface area contributed by atoms with E-state index >= 15 is 0 Å². The number of ether oxygens (including phenoxy) is 1. The molecule has 0 saturated carbocycles. The zero-order valence-electron chi connectivity index (χ0n) is 15.0.